The molecule has 0 spiro atoms. The third kappa shape index (κ3) is 13.2. The van der Waals surface area contributed by atoms with Crippen LogP contribution in [0.4, 0.5) is 11.4 Å². The standard InChI is InChI=1S/C40H23N5O.C39H22N4O.C39H22N4S/c41-24-25-10-8-13-27(20-25)39-42-38(26-11-2-1-3-12-26)43-40(44-39)28-14-9-15-29(21-28)45-34-18-6-4-16-30(34)32-23-37-33(22-35(32)45)31-17-5-7-19-36(31)46-37;1-40-26-10-8-9-25(23-26)36-32-13-2-5-14-33(32)41-39(42-36)24-17-19-27(20-18-24)43-34-15-6-3-11-28(34)30-21-22-31-29-12-4-7-16-35(29)44-38(31)37(30)43;1-40-26-18-14-24(15-19-26)36-32-10-2-5-11-33(32)41-39(42-36)25-16-20-27(21-17-25)43-34-12-6-3-8-28(34)30-22-23-31-29-9-4-7-13-35(29)44-38(31)37(30)43/h1-23H;2*2-23H. The van der Waals surface area contributed by atoms with Gasteiger partial charge in [0, 0.05) is 125 Å². The van der Waals surface area contributed by atoms with Gasteiger partial charge in [-0.15, -0.1) is 11.3 Å². The highest BCUT2D eigenvalue weighted by Gasteiger charge is 2.25. The lowest BCUT2D eigenvalue weighted by Crippen LogP contribution is -2.01. The molecule has 0 amide bonds. The third-order valence-electron chi connectivity index (χ3n) is 25.3. The zero-order valence-electron chi connectivity index (χ0n) is 71.2. The van der Waals surface area contributed by atoms with Crippen molar-refractivity contribution in [1.82, 2.24) is 48.6 Å². The number of aromatic nitrogens is 10. The van der Waals surface area contributed by atoms with Crippen molar-refractivity contribution in [3.63, 3.8) is 0 Å². The van der Waals surface area contributed by atoms with Gasteiger partial charge in [0.1, 0.15) is 16.7 Å². The summed E-state index contributed by atoms with van der Waals surface area (Å²) in [6, 6.07) is 140. The molecule has 0 atom stereocenters. The minimum absolute atomic E-state index is 0.512. The lowest BCUT2D eigenvalue weighted by Gasteiger charge is -2.11. The predicted octanol–water partition coefficient (Wildman–Crippen LogP) is 31.2. The Morgan fingerprint density at radius 3 is 1.35 bits per heavy atom. The third-order valence-corrected chi connectivity index (χ3v) is 26.5. The number of hydrogen-bond donors (Lipinski definition) is 0. The highest BCUT2D eigenvalue weighted by molar-refractivity contribution is 7.26. The molecule has 27 aromatic rings. The van der Waals surface area contributed by atoms with Crippen LogP contribution in [0.1, 0.15) is 5.56 Å². The number of para-hydroxylation sites is 7. The van der Waals surface area contributed by atoms with Gasteiger partial charge in [-0.3, -0.25) is 0 Å². The Labute approximate surface area is 768 Å². The van der Waals surface area contributed by atoms with Crippen molar-refractivity contribution in [2.75, 3.05) is 0 Å². The number of furan rings is 2. The number of benzene rings is 18. The largest absolute Gasteiger partial charge is 0.456 e. The smallest absolute Gasteiger partial charge is 0.187 e. The SMILES string of the molecule is N#Cc1cccc(-c2nc(-c3ccccc3)nc(-c3cccc(-n4c5ccccc5c5cc6oc7ccccc7c6cc54)c3)n2)c1.[C-]#[N+]c1ccc(-c2nc(-c3ccc(-n4c5ccccc5c5ccc6c7ccccc7sc6c54)cc3)nc3ccccc23)cc1.[C-]#[N+]c1cccc(-c2nc(-c3ccc(-n4c5ccccc5c5ccc6c7ccccc7oc6c54)cc3)nc3ccccc23)c1. The first-order valence-corrected chi connectivity index (χ1v) is 44.7. The number of rotatable bonds is 10. The molecule has 0 saturated carbocycles. The number of nitriles is 1. The Morgan fingerprint density at radius 2 is 0.716 bits per heavy atom. The average molecular weight is 1730 g/mol. The van der Waals surface area contributed by atoms with Crippen molar-refractivity contribution >= 4 is 174 Å². The molecule has 134 heavy (non-hydrogen) atoms. The van der Waals surface area contributed by atoms with E-state index in [0.717, 1.165) is 171 Å². The van der Waals surface area contributed by atoms with E-state index < -0.39 is 0 Å². The molecular formula is C118H67N13O2S. The molecule has 0 unspecified atom stereocenters. The lowest BCUT2D eigenvalue weighted by atomic mass is 10.0. The summed E-state index contributed by atoms with van der Waals surface area (Å²) < 4.78 is 22.4. The van der Waals surface area contributed by atoms with Crippen LogP contribution in [0.5, 0.6) is 0 Å². The second kappa shape index (κ2) is 32.0. The molecule has 0 fully saturated rings. The summed E-state index contributed by atoms with van der Waals surface area (Å²) in [4.78, 5) is 41.9. The fourth-order valence-corrected chi connectivity index (χ4v) is 20.4. The molecule has 0 aliphatic carbocycles. The molecule has 9 heterocycles. The van der Waals surface area contributed by atoms with Gasteiger partial charge in [0.15, 0.2) is 46.1 Å². The van der Waals surface area contributed by atoms with Crippen LogP contribution in [0, 0.1) is 24.5 Å². The highest BCUT2D eigenvalue weighted by Crippen LogP contribution is 2.47. The second-order valence-corrected chi connectivity index (χ2v) is 34.1. The molecule has 9 aromatic heterocycles. The van der Waals surface area contributed by atoms with E-state index in [2.05, 4.69) is 248 Å². The Hall–Kier alpha value is -18.7. The molecule has 0 N–H and O–H groups in total. The Bertz CT molecular complexity index is 9640. The minimum atomic E-state index is 0.512. The topological polar surface area (TPSA) is 164 Å². The molecule has 27 rings (SSSR count). The van der Waals surface area contributed by atoms with Crippen molar-refractivity contribution in [2.45, 2.75) is 0 Å². The summed E-state index contributed by atoms with van der Waals surface area (Å²) in [6.07, 6.45) is 0. The molecule has 15 nitrogen and oxygen atoms in total. The van der Waals surface area contributed by atoms with Gasteiger partial charge >= 0.3 is 0 Å². The second-order valence-electron chi connectivity index (χ2n) is 33.1. The summed E-state index contributed by atoms with van der Waals surface area (Å²) in [7, 11) is 0. The monoisotopic (exact) mass is 1730 g/mol. The number of fused-ring (bicyclic) bond motifs is 22. The van der Waals surface area contributed by atoms with E-state index in [1.807, 2.05) is 193 Å². The van der Waals surface area contributed by atoms with E-state index in [4.69, 9.17) is 56.9 Å². The van der Waals surface area contributed by atoms with Gasteiger partial charge in [0.05, 0.1) is 85.0 Å². The molecular weight excluding hydrogens is 1660 g/mol. The Kier molecular flexibility index (Phi) is 18.5. The maximum atomic E-state index is 9.53. The van der Waals surface area contributed by atoms with Crippen LogP contribution in [0.25, 0.3) is 257 Å². The van der Waals surface area contributed by atoms with Gasteiger partial charge in [-0.05, 0) is 157 Å². The molecule has 18 aromatic carbocycles. The van der Waals surface area contributed by atoms with Crippen molar-refractivity contribution < 1.29 is 8.83 Å². The van der Waals surface area contributed by atoms with Crippen LogP contribution in [-0.4, -0.2) is 48.6 Å². The molecule has 622 valence electrons. The van der Waals surface area contributed by atoms with E-state index in [1.54, 1.807) is 6.07 Å². The van der Waals surface area contributed by atoms with E-state index in [1.165, 1.54) is 47.4 Å². The summed E-state index contributed by atoms with van der Waals surface area (Å²) >= 11 is 1.86. The van der Waals surface area contributed by atoms with Crippen molar-refractivity contribution in [3.8, 4) is 103 Å². The Morgan fingerprint density at radius 1 is 0.261 bits per heavy atom. The summed E-state index contributed by atoms with van der Waals surface area (Å²) in [5, 5.41) is 25.6. The Balaban J connectivity index is 0.000000108. The van der Waals surface area contributed by atoms with Crippen LogP contribution in [0.2, 0.25) is 0 Å². The molecule has 16 heteroatoms. The van der Waals surface area contributed by atoms with Crippen LogP contribution in [-0.2, 0) is 0 Å². The first-order chi connectivity index (χ1) is 66.3. The quantitative estimate of drug-likeness (QED) is 0.120. The molecule has 0 radical (unpaired) electrons. The maximum Gasteiger partial charge on any atom is 0.187 e. The first kappa shape index (κ1) is 77.7. The van der Waals surface area contributed by atoms with Gasteiger partial charge in [0.25, 0.3) is 0 Å². The zero-order valence-corrected chi connectivity index (χ0v) is 72.0. The normalized spacial score (nSPS) is 11.6. The molecule has 0 aliphatic heterocycles. The summed E-state index contributed by atoms with van der Waals surface area (Å²) in [6.45, 7) is 14.8. The van der Waals surface area contributed by atoms with Gasteiger partial charge < -0.3 is 22.5 Å². The van der Waals surface area contributed by atoms with Gasteiger partial charge in [0.2, 0.25) is 0 Å². The van der Waals surface area contributed by atoms with Crippen molar-refractivity contribution in [2.24, 2.45) is 0 Å². The number of hydrogen-bond acceptors (Lipinski definition) is 11. The summed E-state index contributed by atoms with van der Waals surface area (Å²) in [5.41, 5.74) is 24.8. The molecule has 0 aliphatic rings. The van der Waals surface area contributed by atoms with E-state index in [0.29, 0.717) is 46.1 Å². The van der Waals surface area contributed by atoms with Crippen LogP contribution in [0.15, 0.2) is 415 Å². The lowest BCUT2D eigenvalue weighted by molar-refractivity contribution is 0.669. The minimum Gasteiger partial charge on any atom is -0.456 e. The number of thiophene rings is 1. The van der Waals surface area contributed by atoms with E-state index in [-0.39, 0.29) is 0 Å². The van der Waals surface area contributed by atoms with Crippen molar-refractivity contribution in [3.05, 3.63) is 435 Å². The van der Waals surface area contributed by atoms with Gasteiger partial charge in [-0.1, -0.05) is 261 Å². The maximum absolute atomic E-state index is 9.53. The fourth-order valence-electron chi connectivity index (χ4n) is 19.1. The van der Waals surface area contributed by atoms with Crippen LogP contribution in [0.3, 0.4) is 0 Å². The zero-order chi connectivity index (χ0) is 89.0. The molecule has 0 saturated heterocycles. The predicted molar refractivity (Wildman–Crippen MR) is 545 cm³/mol. The highest BCUT2D eigenvalue weighted by atomic mass is 32.1. The van der Waals surface area contributed by atoms with Crippen molar-refractivity contribution in [1.29, 1.82) is 5.26 Å². The molecule has 0 bridgehead atoms. The summed E-state index contributed by atoms with van der Waals surface area (Å²) in [5.74, 6) is 2.95. The van der Waals surface area contributed by atoms with E-state index in [9.17, 15) is 5.26 Å². The van der Waals surface area contributed by atoms with E-state index >= 15 is 0 Å². The first-order valence-electron chi connectivity index (χ1n) is 43.9. The van der Waals surface area contributed by atoms with Crippen LogP contribution < -0.4 is 0 Å². The van der Waals surface area contributed by atoms with Crippen LogP contribution >= 0.6 is 11.3 Å². The fraction of sp³-hybridized carbons (Fsp3) is 0. The average Bonchev–Trinajstić information content (AvgIpc) is 1.57. The van der Waals surface area contributed by atoms with Gasteiger partial charge in [-0.25, -0.2) is 44.6 Å². The number of nitrogens with zero attached hydrogens (tertiary/aromatic N) is 13. The van der Waals surface area contributed by atoms with Gasteiger partial charge in [-0.2, -0.15) is 5.26 Å².